The Morgan fingerprint density at radius 3 is 2.36 bits per heavy atom. The van der Waals surface area contributed by atoms with Gasteiger partial charge in [0.05, 0.1) is 13.2 Å². The highest BCUT2D eigenvalue weighted by Gasteiger charge is 2.67. The molecule has 7 atom stereocenters. The lowest BCUT2D eigenvalue weighted by Crippen LogP contribution is -2.57. The fourth-order valence-corrected chi connectivity index (χ4v) is 7.78. The summed E-state index contributed by atoms with van der Waals surface area (Å²) in [5.74, 6) is 1.74. The zero-order valence-electron chi connectivity index (χ0n) is 18.6. The molecule has 0 radical (unpaired) electrons. The summed E-state index contributed by atoms with van der Waals surface area (Å²) in [6, 6.07) is 0. The van der Waals surface area contributed by atoms with Gasteiger partial charge < -0.3 is 14.2 Å². The predicted octanol–water partition coefficient (Wildman–Crippen LogP) is 5.34. The van der Waals surface area contributed by atoms with E-state index in [1.807, 2.05) is 0 Å². The van der Waals surface area contributed by atoms with Crippen molar-refractivity contribution in [2.24, 2.45) is 34.5 Å². The summed E-state index contributed by atoms with van der Waals surface area (Å²) in [6.07, 6.45) is 9.29. The Morgan fingerprint density at radius 1 is 1.04 bits per heavy atom. The molecule has 2 unspecified atom stereocenters. The summed E-state index contributed by atoms with van der Waals surface area (Å²) in [5, 5.41) is 0. The second kappa shape index (κ2) is 7.27. The number of fused-ring (bicyclic) bond motifs is 2. The Hall–Kier alpha value is -0.610. The standard InChI is InChI=1S/C24H40O4/c1-6-18-15-16(2)7-10-22(18,4)19-8-11-23(5)20(21(19)28-17(3)25)9-12-24(23)26-13-14-27-24/h16,18-21H,6-15H2,1-5H3/t16-,18-,19?,20?,21+,22-,23-/m0/s1. The molecule has 160 valence electrons. The van der Waals surface area contributed by atoms with Gasteiger partial charge in [0.15, 0.2) is 5.79 Å². The Morgan fingerprint density at radius 2 is 1.71 bits per heavy atom. The highest BCUT2D eigenvalue weighted by molar-refractivity contribution is 5.66. The molecule has 28 heavy (non-hydrogen) atoms. The van der Waals surface area contributed by atoms with Crippen molar-refractivity contribution in [3.63, 3.8) is 0 Å². The van der Waals surface area contributed by atoms with Gasteiger partial charge in [0.1, 0.15) is 6.10 Å². The van der Waals surface area contributed by atoms with Crippen LogP contribution >= 0.6 is 0 Å². The monoisotopic (exact) mass is 392 g/mol. The van der Waals surface area contributed by atoms with E-state index in [4.69, 9.17) is 14.2 Å². The van der Waals surface area contributed by atoms with Gasteiger partial charge in [-0.05, 0) is 49.4 Å². The van der Waals surface area contributed by atoms with Crippen LogP contribution in [-0.2, 0) is 19.0 Å². The van der Waals surface area contributed by atoms with Crippen molar-refractivity contribution in [2.75, 3.05) is 13.2 Å². The Kier molecular flexibility index (Phi) is 5.36. The first-order valence-corrected chi connectivity index (χ1v) is 11.7. The van der Waals surface area contributed by atoms with E-state index in [1.54, 1.807) is 6.92 Å². The molecule has 0 bridgehead atoms. The molecule has 3 aliphatic carbocycles. The largest absolute Gasteiger partial charge is 0.462 e. The minimum absolute atomic E-state index is 0.00381. The summed E-state index contributed by atoms with van der Waals surface area (Å²) in [6.45, 7) is 12.6. The summed E-state index contributed by atoms with van der Waals surface area (Å²) in [4.78, 5) is 12.2. The van der Waals surface area contributed by atoms with Crippen molar-refractivity contribution in [2.45, 2.75) is 97.9 Å². The molecule has 0 aromatic carbocycles. The maximum atomic E-state index is 12.2. The van der Waals surface area contributed by atoms with Gasteiger partial charge in [0.2, 0.25) is 0 Å². The molecule has 0 amide bonds. The summed E-state index contributed by atoms with van der Waals surface area (Å²) in [5.41, 5.74) is 0.204. The fraction of sp³-hybridized carbons (Fsp3) is 0.958. The maximum absolute atomic E-state index is 12.2. The molecule has 4 fully saturated rings. The van der Waals surface area contributed by atoms with Gasteiger partial charge in [0, 0.05) is 30.6 Å². The van der Waals surface area contributed by atoms with Crippen molar-refractivity contribution in [3.8, 4) is 0 Å². The van der Waals surface area contributed by atoms with Gasteiger partial charge in [-0.25, -0.2) is 0 Å². The lowest BCUT2D eigenvalue weighted by molar-refractivity contribution is -0.252. The van der Waals surface area contributed by atoms with Crippen LogP contribution in [0.1, 0.15) is 86.0 Å². The molecule has 4 nitrogen and oxygen atoms in total. The average Bonchev–Trinajstić information content (AvgIpc) is 3.24. The van der Waals surface area contributed by atoms with Gasteiger partial charge in [-0.15, -0.1) is 0 Å². The zero-order valence-corrected chi connectivity index (χ0v) is 18.6. The number of carbonyl (C=O) groups excluding carboxylic acids is 1. The Balaban J connectivity index is 1.67. The van der Waals surface area contributed by atoms with Crippen molar-refractivity contribution < 1.29 is 19.0 Å². The minimum Gasteiger partial charge on any atom is -0.462 e. The van der Waals surface area contributed by atoms with Crippen molar-refractivity contribution in [3.05, 3.63) is 0 Å². The summed E-state index contributed by atoms with van der Waals surface area (Å²) >= 11 is 0. The van der Waals surface area contributed by atoms with Crippen LogP contribution < -0.4 is 0 Å². The van der Waals surface area contributed by atoms with E-state index in [1.165, 1.54) is 25.7 Å². The number of hydrogen-bond acceptors (Lipinski definition) is 4. The number of carbonyl (C=O) groups is 1. The summed E-state index contributed by atoms with van der Waals surface area (Å²) in [7, 11) is 0. The van der Waals surface area contributed by atoms with E-state index in [2.05, 4.69) is 27.7 Å². The second-order valence-corrected chi connectivity index (χ2v) is 10.7. The molecule has 1 heterocycles. The third-order valence-corrected chi connectivity index (χ3v) is 9.43. The molecule has 1 spiro atoms. The van der Waals surface area contributed by atoms with Crippen LogP contribution in [0, 0.1) is 34.5 Å². The van der Waals surface area contributed by atoms with Gasteiger partial charge in [-0.1, -0.05) is 40.5 Å². The molecule has 1 saturated heterocycles. The van der Waals surface area contributed by atoms with Gasteiger partial charge in [-0.2, -0.15) is 0 Å². The Labute approximate surface area is 171 Å². The number of esters is 1. The molecule has 3 saturated carbocycles. The van der Waals surface area contributed by atoms with E-state index in [0.717, 1.165) is 37.5 Å². The normalized spacial score (nSPS) is 47.8. The van der Waals surface area contributed by atoms with Gasteiger partial charge in [0.25, 0.3) is 0 Å². The lowest BCUT2D eigenvalue weighted by Gasteiger charge is -2.57. The van der Waals surface area contributed by atoms with E-state index < -0.39 is 5.79 Å². The number of ether oxygens (including phenoxy) is 3. The molecule has 0 aromatic heterocycles. The topological polar surface area (TPSA) is 44.8 Å². The number of rotatable bonds is 3. The van der Waals surface area contributed by atoms with Crippen molar-refractivity contribution >= 4 is 5.97 Å². The molecule has 0 N–H and O–H groups in total. The highest BCUT2D eigenvalue weighted by atomic mass is 16.7. The first kappa shape index (κ1) is 20.7. The maximum Gasteiger partial charge on any atom is 0.302 e. The first-order chi connectivity index (χ1) is 13.3. The molecular weight excluding hydrogens is 352 g/mol. The zero-order chi connectivity index (χ0) is 20.2. The molecular formula is C24H40O4. The molecule has 4 aliphatic rings. The smallest absolute Gasteiger partial charge is 0.302 e. The Bertz CT molecular complexity index is 597. The molecule has 0 aromatic rings. The third kappa shape index (κ3) is 2.96. The fourth-order valence-electron chi connectivity index (χ4n) is 7.78. The SMILES string of the molecule is CC[C@H]1C[C@@H](C)CC[C@]1(C)C1CC[C@@]2(C)C(CCC23OCCO3)[C@@H]1OC(C)=O. The lowest BCUT2D eigenvalue weighted by atomic mass is 9.50. The van der Waals surface area contributed by atoms with E-state index in [9.17, 15) is 4.79 Å². The minimum atomic E-state index is -0.451. The van der Waals surface area contributed by atoms with E-state index in [0.29, 0.717) is 25.0 Å². The van der Waals surface area contributed by atoms with Crippen LogP contribution in [0.2, 0.25) is 0 Å². The number of hydrogen-bond donors (Lipinski definition) is 0. The highest BCUT2D eigenvalue weighted by Crippen LogP contribution is 2.65. The van der Waals surface area contributed by atoms with Crippen LogP contribution in [0.25, 0.3) is 0 Å². The van der Waals surface area contributed by atoms with Crippen LogP contribution in [0.4, 0.5) is 0 Å². The van der Waals surface area contributed by atoms with Crippen LogP contribution in [0.5, 0.6) is 0 Å². The second-order valence-electron chi connectivity index (χ2n) is 10.7. The van der Waals surface area contributed by atoms with Crippen molar-refractivity contribution in [1.82, 2.24) is 0 Å². The quantitative estimate of drug-likeness (QED) is 0.608. The summed E-state index contributed by atoms with van der Waals surface area (Å²) < 4.78 is 18.6. The molecule has 1 aliphatic heterocycles. The molecule has 4 rings (SSSR count). The third-order valence-electron chi connectivity index (χ3n) is 9.43. The van der Waals surface area contributed by atoms with Crippen molar-refractivity contribution in [1.29, 1.82) is 0 Å². The molecule has 4 heteroatoms. The average molecular weight is 393 g/mol. The van der Waals surface area contributed by atoms with Crippen LogP contribution in [0.15, 0.2) is 0 Å². The van der Waals surface area contributed by atoms with E-state index in [-0.39, 0.29) is 22.9 Å². The van der Waals surface area contributed by atoms with Gasteiger partial charge in [-0.3, -0.25) is 4.79 Å². The predicted molar refractivity (Wildman–Crippen MR) is 109 cm³/mol. The van der Waals surface area contributed by atoms with Crippen LogP contribution in [0.3, 0.4) is 0 Å². The first-order valence-electron chi connectivity index (χ1n) is 11.7. The van der Waals surface area contributed by atoms with E-state index >= 15 is 0 Å². The van der Waals surface area contributed by atoms with Gasteiger partial charge >= 0.3 is 5.97 Å². The van der Waals surface area contributed by atoms with Crippen LogP contribution in [-0.4, -0.2) is 31.1 Å².